The van der Waals surface area contributed by atoms with Crippen molar-refractivity contribution < 1.29 is 0 Å². The zero-order valence-corrected chi connectivity index (χ0v) is 14.3. The van der Waals surface area contributed by atoms with Crippen LogP contribution in [0.1, 0.15) is 45.1 Å². The van der Waals surface area contributed by atoms with Gasteiger partial charge in [0.15, 0.2) is 0 Å². The average molecular weight is 339 g/mol. The molecule has 0 bridgehead atoms. The highest BCUT2D eigenvalue weighted by Crippen LogP contribution is 2.30. The molecular weight excluding hydrogens is 312 g/mol. The van der Waals surface area contributed by atoms with Crippen LogP contribution in [0.15, 0.2) is 22.7 Å². The fourth-order valence-corrected chi connectivity index (χ4v) is 3.48. The molecule has 0 spiro atoms. The number of halogens is 1. The van der Waals surface area contributed by atoms with E-state index in [1.54, 1.807) is 0 Å². The molecule has 2 atom stereocenters. The van der Waals surface area contributed by atoms with E-state index in [-0.39, 0.29) is 6.04 Å². The van der Waals surface area contributed by atoms with E-state index in [4.69, 9.17) is 5.73 Å². The molecule has 2 N–H and O–H groups in total. The first-order chi connectivity index (χ1) is 9.63. The molecule has 1 aromatic carbocycles. The Balaban J connectivity index is 2.21. The topological polar surface area (TPSA) is 29.3 Å². The van der Waals surface area contributed by atoms with E-state index in [0.29, 0.717) is 0 Å². The standard InChI is InChI=1S/C17H27BrN2/c1-3-13-6-5-9-20(12-13)17-8-7-15(18)10-14(17)11-16(19)4-2/h7-8,10,13,16H,3-6,9,11-12,19H2,1-2H3. The lowest BCUT2D eigenvalue weighted by Gasteiger charge is -2.35. The van der Waals surface area contributed by atoms with Gasteiger partial charge in [-0.2, -0.15) is 0 Å². The first kappa shape index (κ1) is 15.8. The van der Waals surface area contributed by atoms with Crippen molar-refractivity contribution in [2.75, 3.05) is 18.0 Å². The normalized spacial score (nSPS) is 21.0. The molecule has 1 fully saturated rings. The molecule has 3 heteroatoms. The third-order valence-corrected chi connectivity index (χ3v) is 4.98. The van der Waals surface area contributed by atoms with Crippen molar-refractivity contribution in [3.05, 3.63) is 28.2 Å². The van der Waals surface area contributed by atoms with Crippen LogP contribution in [-0.4, -0.2) is 19.1 Å². The summed E-state index contributed by atoms with van der Waals surface area (Å²) in [5.41, 5.74) is 8.97. The number of piperidine rings is 1. The van der Waals surface area contributed by atoms with Crippen LogP contribution in [0.3, 0.4) is 0 Å². The lowest BCUT2D eigenvalue weighted by atomic mass is 9.94. The lowest BCUT2D eigenvalue weighted by molar-refractivity contribution is 0.404. The SMILES string of the molecule is CCC(N)Cc1cc(Br)ccc1N1CCCC(CC)C1. The minimum atomic E-state index is 0.259. The van der Waals surface area contributed by atoms with Gasteiger partial charge in [0.1, 0.15) is 0 Å². The van der Waals surface area contributed by atoms with E-state index in [9.17, 15) is 0 Å². The Kier molecular flexibility index (Phi) is 5.91. The molecule has 1 aliphatic heterocycles. The van der Waals surface area contributed by atoms with Gasteiger partial charge in [-0.15, -0.1) is 0 Å². The minimum Gasteiger partial charge on any atom is -0.371 e. The van der Waals surface area contributed by atoms with E-state index in [2.05, 4.69) is 52.9 Å². The number of nitrogens with zero attached hydrogens (tertiary/aromatic N) is 1. The molecule has 1 saturated heterocycles. The summed E-state index contributed by atoms with van der Waals surface area (Å²) in [7, 11) is 0. The highest BCUT2D eigenvalue weighted by Gasteiger charge is 2.21. The van der Waals surface area contributed by atoms with E-state index < -0.39 is 0 Å². The highest BCUT2D eigenvalue weighted by atomic mass is 79.9. The summed E-state index contributed by atoms with van der Waals surface area (Å²) >= 11 is 3.60. The molecular formula is C17H27BrN2. The van der Waals surface area contributed by atoms with Crippen molar-refractivity contribution in [3.63, 3.8) is 0 Å². The van der Waals surface area contributed by atoms with Gasteiger partial charge in [-0.3, -0.25) is 0 Å². The third-order valence-electron chi connectivity index (χ3n) is 4.49. The summed E-state index contributed by atoms with van der Waals surface area (Å²) in [4.78, 5) is 2.57. The number of anilines is 1. The van der Waals surface area contributed by atoms with Gasteiger partial charge < -0.3 is 10.6 Å². The zero-order chi connectivity index (χ0) is 14.5. The summed E-state index contributed by atoms with van der Waals surface area (Å²) in [6, 6.07) is 6.93. The lowest BCUT2D eigenvalue weighted by Crippen LogP contribution is -2.36. The summed E-state index contributed by atoms with van der Waals surface area (Å²) in [5, 5.41) is 0. The van der Waals surface area contributed by atoms with Gasteiger partial charge in [0.25, 0.3) is 0 Å². The quantitative estimate of drug-likeness (QED) is 0.864. The Bertz CT molecular complexity index is 433. The van der Waals surface area contributed by atoms with E-state index in [0.717, 1.165) is 23.2 Å². The van der Waals surface area contributed by atoms with Crippen LogP contribution < -0.4 is 10.6 Å². The Morgan fingerprint density at radius 2 is 2.20 bits per heavy atom. The highest BCUT2D eigenvalue weighted by molar-refractivity contribution is 9.10. The Morgan fingerprint density at radius 3 is 2.90 bits per heavy atom. The maximum atomic E-state index is 6.17. The van der Waals surface area contributed by atoms with Crippen LogP contribution in [0.5, 0.6) is 0 Å². The maximum Gasteiger partial charge on any atom is 0.0400 e. The van der Waals surface area contributed by atoms with Gasteiger partial charge in [-0.25, -0.2) is 0 Å². The minimum absolute atomic E-state index is 0.259. The molecule has 1 aliphatic rings. The summed E-state index contributed by atoms with van der Waals surface area (Å²) in [6.45, 7) is 6.86. The zero-order valence-electron chi connectivity index (χ0n) is 12.7. The molecule has 0 saturated carbocycles. The second-order valence-electron chi connectivity index (χ2n) is 6.01. The summed E-state index contributed by atoms with van der Waals surface area (Å²) in [5.74, 6) is 0.847. The molecule has 112 valence electrons. The molecule has 0 radical (unpaired) electrons. The first-order valence-corrected chi connectivity index (χ1v) is 8.72. The predicted octanol–water partition coefficient (Wildman–Crippen LogP) is 4.36. The molecule has 1 heterocycles. The summed E-state index contributed by atoms with van der Waals surface area (Å²) in [6.07, 6.45) is 5.99. The van der Waals surface area contributed by atoms with Gasteiger partial charge >= 0.3 is 0 Å². The third kappa shape index (κ3) is 3.98. The van der Waals surface area contributed by atoms with Gasteiger partial charge in [0.2, 0.25) is 0 Å². The van der Waals surface area contributed by atoms with E-state index in [1.807, 2.05) is 0 Å². The van der Waals surface area contributed by atoms with E-state index >= 15 is 0 Å². The number of hydrogen-bond acceptors (Lipinski definition) is 2. The van der Waals surface area contributed by atoms with Crippen molar-refractivity contribution in [1.29, 1.82) is 0 Å². The molecule has 1 aromatic rings. The van der Waals surface area contributed by atoms with Gasteiger partial charge in [0, 0.05) is 29.3 Å². The fraction of sp³-hybridized carbons (Fsp3) is 0.647. The smallest absolute Gasteiger partial charge is 0.0400 e. The van der Waals surface area contributed by atoms with Crippen molar-refractivity contribution >= 4 is 21.6 Å². The van der Waals surface area contributed by atoms with Crippen molar-refractivity contribution in [1.82, 2.24) is 0 Å². The number of nitrogens with two attached hydrogens (primary N) is 1. The molecule has 2 rings (SSSR count). The Hall–Kier alpha value is -0.540. The van der Waals surface area contributed by atoms with Crippen molar-refractivity contribution in [2.24, 2.45) is 11.7 Å². The monoisotopic (exact) mass is 338 g/mol. The van der Waals surface area contributed by atoms with Crippen LogP contribution >= 0.6 is 15.9 Å². The van der Waals surface area contributed by atoms with Crippen LogP contribution in [0.4, 0.5) is 5.69 Å². The second-order valence-corrected chi connectivity index (χ2v) is 6.92. The molecule has 0 aliphatic carbocycles. The molecule has 2 unspecified atom stereocenters. The molecule has 2 nitrogen and oxygen atoms in total. The number of hydrogen-bond donors (Lipinski definition) is 1. The number of benzene rings is 1. The second kappa shape index (κ2) is 7.46. The van der Waals surface area contributed by atoms with Crippen LogP contribution in [-0.2, 0) is 6.42 Å². The van der Waals surface area contributed by atoms with Crippen LogP contribution in [0.25, 0.3) is 0 Å². The average Bonchev–Trinajstić information content (AvgIpc) is 2.47. The predicted molar refractivity (Wildman–Crippen MR) is 91.3 cm³/mol. The Labute approximate surface area is 131 Å². The molecule has 0 amide bonds. The maximum absolute atomic E-state index is 6.17. The van der Waals surface area contributed by atoms with Gasteiger partial charge in [-0.05, 0) is 55.4 Å². The van der Waals surface area contributed by atoms with Crippen LogP contribution in [0, 0.1) is 5.92 Å². The van der Waals surface area contributed by atoms with E-state index in [1.165, 1.54) is 43.6 Å². The molecule has 0 aromatic heterocycles. The van der Waals surface area contributed by atoms with Gasteiger partial charge in [-0.1, -0.05) is 36.2 Å². The van der Waals surface area contributed by atoms with Crippen molar-refractivity contribution in [2.45, 2.75) is 52.0 Å². The number of rotatable bonds is 5. The summed E-state index contributed by atoms with van der Waals surface area (Å²) < 4.78 is 1.16. The molecule has 20 heavy (non-hydrogen) atoms. The fourth-order valence-electron chi connectivity index (χ4n) is 3.07. The Morgan fingerprint density at radius 1 is 1.40 bits per heavy atom. The van der Waals surface area contributed by atoms with Crippen molar-refractivity contribution in [3.8, 4) is 0 Å². The first-order valence-electron chi connectivity index (χ1n) is 7.93. The largest absolute Gasteiger partial charge is 0.371 e. The van der Waals surface area contributed by atoms with Gasteiger partial charge in [0.05, 0.1) is 0 Å². The van der Waals surface area contributed by atoms with Crippen LogP contribution in [0.2, 0.25) is 0 Å².